The standard InChI is InChI=1S/C25H33N5O.C6H8O7/c1-20-6-7-25(27-16-20)30-21(2)15-24(22(30)3)19-29(18-23-5-4-8-26-17-23)10-9-28-11-13-31-14-12-28;7-3(8)1-6(13,5(11)12)2-4(9)10/h4-8,15-17H,9-14,18-19H2,1-3H3;13H,1-2H2,(H,7,8)(H,9,10)(H,11,12). The van der Waals surface area contributed by atoms with Crippen molar-refractivity contribution in [2.45, 2.75) is 52.3 Å². The van der Waals surface area contributed by atoms with E-state index in [2.05, 4.69) is 69.4 Å². The van der Waals surface area contributed by atoms with Gasteiger partial charge < -0.3 is 29.7 Å². The van der Waals surface area contributed by atoms with Gasteiger partial charge in [-0.15, -0.1) is 0 Å². The van der Waals surface area contributed by atoms with E-state index < -0.39 is 36.4 Å². The van der Waals surface area contributed by atoms with Crippen LogP contribution in [0.4, 0.5) is 0 Å². The van der Waals surface area contributed by atoms with Gasteiger partial charge in [0.2, 0.25) is 0 Å². The summed E-state index contributed by atoms with van der Waals surface area (Å²) in [7, 11) is 0. The highest BCUT2D eigenvalue weighted by Gasteiger charge is 2.40. The van der Waals surface area contributed by atoms with Crippen LogP contribution >= 0.6 is 0 Å². The van der Waals surface area contributed by atoms with Crippen LogP contribution in [0.15, 0.2) is 48.9 Å². The molecule has 0 spiro atoms. The highest BCUT2D eigenvalue weighted by molar-refractivity contribution is 5.88. The summed E-state index contributed by atoms with van der Waals surface area (Å²) in [5, 5.41) is 33.8. The third-order valence-corrected chi connectivity index (χ3v) is 7.31. The molecule has 4 rings (SSSR count). The van der Waals surface area contributed by atoms with Gasteiger partial charge in [-0.1, -0.05) is 12.1 Å². The Kier molecular flexibility index (Phi) is 12.5. The zero-order chi connectivity index (χ0) is 32.3. The van der Waals surface area contributed by atoms with Crippen molar-refractivity contribution < 1.29 is 39.5 Å². The fraction of sp³-hybridized carbons (Fsp3) is 0.452. The fourth-order valence-corrected chi connectivity index (χ4v) is 4.96. The number of aromatic nitrogens is 3. The molecule has 1 saturated heterocycles. The van der Waals surface area contributed by atoms with Gasteiger partial charge in [-0.2, -0.15) is 0 Å². The van der Waals surface area contributed by atoms with E-state index in [0.717, 1.165) is 58.3 Å². The molecule has 13 heteroatoms. The van der Waals surface area contributed by atoms with Crippen LogP contribution in [-0.2, 0) is 32.2 Å². The second-order valence-corrected chi connectivity index (χ2v) is 10.9. The molecule has 13 nitrogen and oxygen atoms in total. The Bertz CT molecular complexity index is 1370. The first-order valence-electron chi connectivity index (χ1n) is 14.3. The van der Waals surface area contributed by atoms with Crippen molar-refractivity contribution in [2.75, 3.05) is 39.4 Å². The molecule has 1 fully saturated rings. The first kappa shape index (κ1) is 34.3. The molecule has 1 aliphatic rings. The molecule has 4 N–H and O–H groups in total. The minimum Gasteiger partial charge on any atom is -0.481 e. The molecule has 0 atom stereocenters. The van der Waals surface area contributed by atoms with E-state index in [9.17, 15) is 14.4 Å². The number of nitrogens with zero attached hydrogens (tertiary/aromatic N) is 5. The summed E-state index contributed by atoms with van der Waals surface area (Å²) in [4.78, 5) is 44.5. The number of carboxylic acid groups (broad SMARTS) is 3. The lowest BCUT2D eigenvalue weighted by Gasteiger charge is -2.30. The normalized spacial score (nSPS) is 13.8. The molecule has 0 radical (unpaired) electrons. The van der Waals surface area contributed by atoms with Crippen LogP contribution in [0.25, 0.3) is 5.82 Å². The Balaban J connectivity index is 0.000000345. The van der Waals surface area contributed by atoms with Crippen molar-refractivity contribution >= 4 is 17.9 Å². The van der Waals surface area contributed by atoms with Crippen LogP contribution in [0.3, 0.4) is 0 Å². The number of aliphatic carboxylic acids is 3. The molecule has 0 bridgehead atoms. The molecule has 0 unspecified atom stereocenters. The van der Waals surface area contributed by atoms with Crippen LogP contribution < -0.4 is 0 Å². The summed E-state index contributed by atoms with van der Waals surface area (Å²) in [5.74, 6) is -4.03. The van der Waals surface area contributed by atoms with E-state index in [-0.39, 0.29) is 0 Å². The quantitative estimate of drug-likeness (QED) is 0.222. The highest BCUT2D eigenvalue weighted by atomic mass is 16.5. The maximum atomic E-state index is 10.3. The number of pyridine rings is 2. The van der Waals surface area contributed by atoms with Gasteiger partial charge in [0.15, 0.2) is 5.60 Å². The monoisotopic (exact) mass is 611 g/mol. The summed E-state index contributed by atoms with van der Waals surface area (Å²) in [6.07, 6.45) is 3.46. The molecule has 0 amide bonds. The largest absolute Gasteiger partial charge is 0.481 e. The molecule has 0 saturated carbocycles. The minimum atomic E-state index is -2.74. The fourth-order valence-electron chi connectivity index (χ4n) is 4.96. The van der Waals surface area contributed by atoms with Gasteiger partial charge in [-0.3, -0.25) is 24.4 Å². The zero-order valence-electron chi connectivity index (χ0n) is 25.3. The lowest BCUT2D eigenvalue weighted by atomic mass is 9.96. The van der Waals surface area contributed by atoms with E-state index >= 15 is 0 Å². The third kappa shape index (κ3) is 10.2. The average Bonchev–Trinajstić information content (AvgIpc) is 3.24. The van der Waals surface area contributed by atoms with E-state index in [1.54, 1.807) is 0 Å². The summed E-state index contributed by atoms with van der Waals surface area (Å²) in [5.41, 5.74) is 3.52. The third-order valence-electron chi connectivity index (χ3n) is 7.31. The number of ether oxygens (including phenoxy) is 1. The molecular formula is C31H41N5O8. The molecule has 4 heterocycles. The molecule has 238 valence electrons. The predicted molar refractivity (Wildman–Crippen MR) is 160 cm³/mol. The lowest BCUT2D eigenvalue weighted by molar-refractivity contribution is -0.170. The second kappa shape index (κ2) is 16.1. The van der Waals surface area contributed by atoms with Gasteiger partial charge in [-0.05, 0) is 55.7 Å². The Labute approximate surface area is 256 Å². The van der Waals surface area contributed by atoms with E-state index in [4.69, 9.17) is 25.2 Å². The van der Waals surface area contributed by atoms with Gasteiger partial charge in [0.1, 0.15) is 5.82 Å². The summed E-state index contributed by atoms with van der Waals surface area (Å²) in [6.45, 7) is 14.0. The van der Waals surface area contributed by atoms with Gasteiger partial charge in [0, 0.05) is 69.2 Å². The summed E-state index contributed by atoms with van der Waals surface area (Å²) in [6, 6.07) is 10.7. The van der Waals surface area contributed by atoms with Gasteiger partial charge in [0.25, 0.3) is 0 Å². The van der Waals surface area contributed by atoms with Crippen molar-refractivity contribution in [3.63, 3.8) is 0 Å². The SMILES string of the molecule is Cc1ccc(-n2c(C)cc(CN(CCN3CCOCC3)Cc3cccnc3)c2C)nc1.O=C(O)CC(O)(CC(=O)O)C(=O)O. The number of morpholine rings is 1. The number of aliphatic hydroxyl groups is 1. The van der Waals surface area contributed by atoms with Crippen molar-refractivity contribution in [1.82, 2.24) is 24.3 Å². The van der Waals surface area contributed by atoms with Gasteiger partial charge in [-0.25, -0.2) is 9.78 Å². The highest BCUT2D eigenvalue weighted by Crippen LogP contribution is 2.22. The number of aryl methyl sites for hydroxylation is 2. The number of hydrogen-bond acceptors (Lipinski definition) is 9. The Morgan fingerprint density at radius 2 is 1.66 bits per heavy atom. The molecule has 1 aliphatic heterocycles. The predicted octanol–water partition coefficient (Wildman–Crippen LogP) is 2.28. The molecule has 44 heavy (non-hydrogen) atoms. The van der Waals surface area contributed by atoms with Crippen LogP contribution in [0, 0.1) is 20.8 Å². The van der Waals surface area contributed by atoms with Crippen molar-refractivity contribution in [2.24, 2.45) is 0 Å². The average molecular weight is 612 g/mol. The van der Waals surface area contributed by atoms with Gasteiger partial charge >= 0.3 is 17.9 Å². The number of hydrogen-bond donors (Lipinski definition) is 4. The van der Waals surface area contributed by atoms with Crippen LogP contribution in [-0.4, -0.2) is 108 Å². The van der Waals surface area contributed by atoms with E-state index in [1.807, 2.05) is 24.7 Å². The van der Waals surface area contributed by atoms with Gasteiger partial charge in [0.05, 0.1) is 26.1 Å². The Morgan fingerprint density at radius 1 is 0.977 bits per heavy atom. The molecule has 0 aromatic carbocycles. The smallest absolute Gasteiger partial charge is 0.336 e. The second-order valence-electron chi connectivity index (χ2n) is 10.9. The van der Waals surface area contributed by atoms with Crippen LogP contribution in [0.5, 0.6) is 0 Å². The number of rotatable bonds is 13. The van der Waals surface area contributed by atoms with Crippen molar-refractivity contribution in [3.8, 4) is 5.82 Å². The molecular weight excluding hydrogens is 570 g/mol. The molecule has 3 aromatic heterocycles. The first-order valence-corrected chi connectivity index (χ1v) is 14.3. The molecule has 3 aromatic rings. The maximum absolute atomic E-state index is 10.3. The number of carbonyl (C=O) groups is 3. The van der Waals surface area contributed by atoms with E-state index in [1.165, 1.54) is 28.1 Å². The van der Waals surface area contributed by atoms with E-state index in [0.29, 0.717) is 0 Å². The Hall–Kier alpha value is -4.17. The minimum absolute atomic E-state index is 0.841. The lowest BCUT2D eigenvalue weighted by Crippen LogP contribution is -2.42. The van der Waals surface area contributed by atoms with Crippen LogP contribution in [0.1, 0.15) is 40.9 Å². The first-order chi connectivity index (χ1) is 20.9. The number of carboxylic acids is 3. The van der Waals surface area contributed by atoms with Crippen LogP contribution in [0.2, 0.25) is 0 Å². The maximum Gasteiger partial charge on any atom is 0.336 e. The van der Waals surface area contributed by atoms with Crippen molar-refractivity contribution in [1.29, 1.82) is 0 Å². The summed E-state index contributed by atoms with van der Waals surface area (Å²) < 4.78 is 7.77. The molecule has 0 aliphatic carbocycles. The topological polar surface area (TPSA) is 179 Å². The zero-order valence-corrected chi connectivity index (χ0v) is 25.3. The Morgan fingerprint density at radius 3 is 2.20 bits per heavy atom. The summed E-state index contributed by atoms with van der Waals surface area (Å²) >= 11 is 0. The van der Waals surface area contributed by atoms with Crippen molar-refractivity contribution in [3.05, 3.63) is 77.0 Å².